The van der Waals surface area contributed by atoms with Gasteiger partial charge in [-0.15, -0.1) is 0 Å². The summed E-state index contributed by atoms with van der Waals surface area (Å²) in [6.07, 6.45) is 6.87. The number of carbonyl (C=O) groups is 1. The first-order valence-corrected chi connectivity index (χ1v) is 8.65. The molecule has 1 N–H and O–H groups in total. The molecule has 2 heterocycles. The minimum Gasteiger partial charge on any atom is -0.349 e. The quantitative estimate of drug-likeness (QED) is 0.906. The van der Waals surface area contributed by atoms with Gasteiger partial charge < -0.3 is 9.88 Å². The van der Waals surface area contributed by atoms with Crippen LogP contribution in [0.5, 0.6) is 0 Å². The molecule has 104 valence electrons. The van der Waals surface area contributed by atoms with E-state index in [2.05, 4.69) is 32.7 Å². The molecule has 1 saturated heterocycles. The van der Waals surface area contributed by atoms with Crippen LogP contribution >= 0.6 is 27.7 Å². The zero-order valence-corrected chi connectivity index (χ0v) is 13.5. The van der Waals surface area contributed by atoms with Gasteiger partial charge in [-0.05, 0) is 60.4 Å². The molecule has 0 aromatic carbocycles. The van der Waals surface area contributed by atoms with Crippen LogP contribution in [0.4, 0.5) is 0 Å². The van der Waals surface area contributed by atoms with Crippen LogP contribution in [0.1, 0.15) is 49.1 Å². The number of carbonyl (C=O) groups excluding carboxylic acids is 1. The fourth-order valence-corrected chi connectivity index (χ4v) is 4.30. The maximum atomic E-state index is 12.3. The second-order valence-corrected chi connectivity index (χ2v) is 8.36. The molecule has 5 heteroatoms. The predicted molar refractivity (Wildman–Crippen MR) is 82.8 cm³/mol. The van der Waals surface area contributed by atoms with Gasteiger partial charge in [-0.1, -0.05) is 0 Å². The topological polar surface area (TPSA) is 34.0 Å². The maximum absolute atomic E-state index is 12.3. The van der Waals surface area contributed by atoms with Gasteiger partial charge in [0, 0.05) is 28.0 Å². The van der Waals surface area contributed by atoms with Gasteiger partial charge in [-0.2, -0.15) is 11.8 Å². The SMILES string of the molecule is CC1(CNC(=O)c2cc(Br)cn2C2CC2)CCCS1. The summed E-state index contributed by atoms with van der Waals surface area (Å²) in [6.45, 7) is 3.02. The molecule has 0 radical (unpaired) electrons. The van der Waals surface area contributed by atoms with Crippen LogP contribution in [-0.4, -0.2) is 27.5 Å². The zero-order valence-electron chi connectivity index (χ0n) is 11.1. The lowest BCUT2D eigenvalue weighted by molar-refractivity contribution is 0.0940. The molecule has 19 heavy (non-hydrogen) atoms. The van der Waals surface area contributed by atoms with Crippen LogP contribution in [0.25, 0.3) is 0 Å². The van der Waals surface area contributed by atoms with Crippen molar-refractivity contribution in [2.75, 3.05) is 12.3 Å². The molecule has 3 rings (SSSR count). The minimum absolute atomic E-state index is 0.0614. The number of aromatic nitrogens is 1. The second kappa shape index (κ2) is 5.17. The normalized spacial score (nSPS) is 26.6. The van der Waals surface area contributed by atoms with E-state index in [1.807, 2.05) is 24.0 Å². The highest BCUT2D eigenvalue weighted by molar-refractivity contribution is 9.10. The number of amides is 1. The van der Waals surface area contributed by atoms with Gasteiger partial charge in [0.25, 0.3) is 5.91 Å². The van der Waals surface area contributed by atoms with E-state index < -0.39 is 0 Å². The van der Waals surface area contributed by atoms with Crippen molar-refractivity contribution in [2.24, 2.45) is 0 Å². The molecule has 1 aromatic rings. The number of thioether (sulfide) groups is 1. The Kier molecular flexibility index (Phi) is 3.69. The molecule has 1 saturated carbocycles. The van der Waals surface area contributed by atoms with Crippen molar-refractivity contribution < 1.29 is 4.79 Å². The van der Waals surface area contributed by atoms with Crippen molar-refractivity contribution >= 4 is 33.6 Å². The largest absolute Gasteiger partial charge is 0.349 e. The molecule has 1 atom stereocenters. The van der Waals surface area contributed by atoms with Crippen LogP contribution in [0.15, 0.2) is 16.7 Å². The van der Waals surface area contributed by atoms with Gasteiger partial charge in [0.2, 0.25) is 0 Å². The third-order valence-electron chi connectivity index (χ3n) is 3.91. The van der Waals surface area contributed by atoms with E-state index in [1.54, 1.807) is 0 Å². The summed E-state index contributed by atoms with van der Waals surface area (Å²) in [4.78, 5) is 12.3. The highest BCUT2D eigenvalue weighted by Crippen LogP contribution is 2.38. The molecule has 3 nitrogen and oxygen atoms in total. The van der Waals surface area contributed by atoms with Gasteiger partial charge in [0.1, 0.15) is 5.69 Å². The second-order valence-electron chi connectivity index (χ2n) is 5.77. The van der Waals surface area contributed by atoms with Gasteiger partial charge in [0.15, 0.2) is 0 Å². The van der Waals surface area contributed by atoms with Crippen LogP contribution in [0.3, 0.4) is 0 Å². The Balaban J connectivity index is 1.66. The maximum Gasteiger partial charge on any atom is 0.268 e. The average molecular weight is 343 g/mol. The summed E-state index contributed by atoms with van der Waals surface area (Å²) in [7, 11) is 0. The highest BCUT2D eigenvalue weighted by atomic mass is 79.9. The van der Waals surface area contributed by atoms with Gasteiger partial charge in [0.05, 0.1) is 0 Å². The third-order valence-corrected chi connectivity index (χ3v) is 5.88. The van der Waals surface area contributed by atoms with Crippen molar-refractivity contribution in [3.63, 3.8) is 0 Å². The summed E-state index contributed by atoms with van der Waals surface area (Å²) < 4.78 is 3.33. The molecule has 1 amide bonds. The smallest absolute Gasteiger partial charge is 0.268 e. The van der Waals surface area contributed by atoms with Crippen LogP contribution in [0.2, 0.25) is 0 Å². The molecule has 1 aliphatic carbocycles. The molecule has 2 aliphatic rings. The van der Waals surface area contributed by atoms with E-state index in [-0.39, 0.29) is 10.7 Å². The van der Waals surface area contributed by atoms with Crippen LogP contribution in [0, 0.1) is 0 Å². The third kappa shape index (κ3) is 3.02. The van der Waals surface area contributed by atoms with E-state index in [0.29, 0.717) is 6.04 Å². The monoisotopic (exact) mass is 342 g/mol. The molecule has 1 aromatic heterocycles. The first kappa shape index (κ1) is 13.6. The Bertz CT molecular complexity index is 490. The lowest BCUT2D eigenvalue weighted by atomic mass is 10.1. The lowest BCUT2D eigenvalue weighted by Gasteiger charge is -2.23. The standard InChI is InChI=1S/C14H19BrN2OS/c1-14(5-2-6-19-14)9-16-13(18)12-7-10(15)8-17(12)11-3-4-11/h7-8,11H,2-6,9H2,1H3,(H,16,18). The van der Waals surface area contributed by atoms with Gasteiger partial charge >= 0.3 is 0 Å². The van der Waals surface area contributed by atoms with E-state index in [1.165, 1.54) is 31.4 Å². The molecule has 0 spiro atoms. The zero-order chi connectivity index (χ0) is 13.5. The van der Waals surface area contributed by atoms with E-state index in [0.717, 1.165) is 16.7 Å². The van der Waals surface area contributed by atoms with Crippen molar-refractivity contribution in [3.8, 4) is 0 Å². The van der Waals surface area contributed by atoms with Crippen molar-refractivity contribution in [1.29, 1.82) is 0 Å². The summed E-state index contributed by atoms with van der Waals surface area (Å²) >= 11 is 5.45. The first-order chi connectivity index (χ1) is 9.07. The minimum atomic E-state index is 0.0614. The molecule has 1 aliphatic heterocycles. The summed E-state index contributed by atoms with van der Waals surface area (Å²) in [6, 6.07) is 2.46. The Morgan fingerprint density at radius 2 is 2.42 bits per heavy atom. The summed E-state index contributed by atoms with van der Waals surface area (Å²) in [5, 5.41) is 3.12. The number of nitrogens with zero attached hydrogens (tertiary/aromatic N) is 1. The van der Waals surface area contributed by atoms with Crippen molar-refractivity contribution in [1.82, 2.24) is 9.88 Å². The number of halogens is 1. The van der Waals surface area contributed by atoms with Crippen molar-refractivity contribution in [2.45, 2.75) is 43.4 Å². The Hall–Kier alpha value is -0.420. The van der Waals surface area contributed by atoms with Gasteiger partial charge in [-0.3, -0.25) is 4.79 Å². The summed E-state index contributed by atoms with van der Waals surface area (Å²) in [5.41, 5.74) is 0.793. The summed E-state index contributed by atoms with van der Waals surface area (Å²) in [5.74, 6) is 1.28. The van der Waals surface area contributed by atoms with Crippen LogP contribution < -0.4 is 5.32 Å². The Morgan fingerprint density at radius 3 is 3.05 bits per heavy atom. The number of nitrogens with one attached hydrogen (secondary N) is 1. The number of rotatable bonds is 4. The Labute approximate surface area is 126 Å². The molecule has 1 unspecified atom stereocenters. The number of hydrogen-bond acceptors (Lipinski definition) is 2. The molecule has 0 bridgehead atoms. The number of hydrogen-bond donors (Lipinski definition) is 1. The van der Waals surface area contributed by atoms with Gasteiger partial charge in [-0.25, -0.2) is 0 Å². The van der Waals surface area contributed by atoms with E-state index in [9.17, 15) is 4.79 Å². The molecular weight excluding hydrogens is 324 g/mol. The Morgan fingerprint density at radius 1 is 1.63 bits per heavy atom. The van der Waals surface area contributed by atoms with E-state index >= 15 is 0 Å². The molecule has 2 fully saturated rings. The van der Waals surface area contributed by atoms with Crippen LogP contribution in [-0.2, 0) is 0 Å². The van der Waals surface area contributed by atoms with Crippen molar-refractivity contribution in [3.05, 3.63) is 22.4 Å². The first-order valence-electron chi connectivity index (χ1n) is 6.87. The molecular formula is C14H19BrN2OS. The highest BCUT2D eigenvalue weighted by Gasteiger charge is 2.31. The average Bonchev–Trinajstić information content (AvgIpc) is 3.02. The lowest BCUT2D eigenvalue weighted by Crippen LogP contribution is -2.37. The predicted octanol–water partition coefficient (Wildman–Crippen LogP) is 3.60. The fraction of sp³-hybridized carbons (Fsp3) is 0.643. The van der Waals surface area contributed by atoms with E-state index in [4.69, 9.17) is 0 Å². The fourth-order valence-electron chi connectivity index (χ4n) is 2.62.